The molecule has 4 aromatic rings. The summed E-state index contributed by atoms with van der Waals surface area (Å²) < 4.78 is 3.66. The van der Waals surface area contributed by atoms with Gasteiger partial charge in [0.15, 0.2) is 0 Å². The average Bonchev–Trinajstić information content (AvgIpc) is 2.84. The van der Waals surface area contributed by atoms with Crippen molar-refractivity contribution in [2.24, 2.45) is 5.92 Å². The molecule has 0 radical (unpaired) electrons. The quantitative estimate of drug-likeness (QED) is 0.414. The second kappa shape index (κ2) is 9.36. The summed E-state index contributed by atoms with van der Waals surface area (Å²) in [5, 5.41) is 10.2. The number of benzene rings is 4. The monoisotopic (exact) mass is 468 g/mol. The Morgan fingerprint density at radius 2 is 0.935 bits per heavy atom. The van der Waals surface area contributed by atoms with Gasteiger partial charge in [0, 0.05) is 0 Å². The molecule has 2 nitrogen and oxygen atoms in total. The van der Waals surface area contributed by atoms with Crippen LogP contribution in [0.1, 0.15) is 17.2 Å². The second-order valence-corrected chi connectivity index (χ2v) is 16.3. The molecule has 0 fully saturated rings. The number of aliphatic carboxylic acids is 1. The van der Waals surface area contributed by atoms with Crippen molar-refractivity contribution in [1.82, 2.24) is 0 Å². The molecule has 0 aromatic heterocycles. The Hall–Kier alpha value is -3.11. The van der Waals surface area contributed by atoms with Gasteiger partial charge in [-0.3, -0.25) is 0 Å². The van der Waals surface area contributed by atoms with Crippen LogP contribution in [0.2, 0.25) is 0 Å². The third kappa shape index (κ3) is 3.96. The molecule has 0 saturated carbocycles. The third-order valence-electron chi connectivity index (χ3n) is 6.20. The van der Waals surface area contributed by atoms with Gasteiger partial charge in [0.05, 0.1) is 0 Å². The maximum absolute atomic E-state index is 12.5. The molecule has 3 heteroatoms. The van der Waals surface area contributed by atoms with Crippen LogP contribution in [0.25, 0.3) is 0 Å². The van der Waals surface area contributed by atoms with E-state index in [2.05, 4.69) is 84.9 Å². The van der Waals surface area contributed by atoms with Gasteiger partial charge in [0.2, 0.25) is 0 Å². The number of carbonyl (C=O) groups is 1. The zero-order chi connectivity index (χ0) is 21.7. The first kappa shape index (κ1) is 21.1. The predicted molar refractivity (Wildman–Crippen MR) is 130 cm³/mol. The minimum absolute atomic E-state index is 0.133. The average molecular weight is 467 g/mol. The van der Waals surface area contributed by atoms with Crippen molar-refractivity contribution in [3.05, 3.63) is 127 Å². The molecule has 0 amide bonds. The van der Waals surface area contributed by atoms with Gasteiger partial charge >= 0.3 is 187 Å². The molecule has 0 aliphatic rings. The molecule has 1 N–H and O–H groups in total. The summed E-state index contributed by atoms with van der Waals surface area (Å²) >= 11 is -3.54. The van der Waals surface area contributed by atoms with E-state index in [-0.39, 0.29) is 4.75 Å². The SMILES string of the molecule is CC(C(=O)O)[CH](c1ccccc1)[Ge]([c]1ccccc1)([c]1ccccc1)[c]1ccccc1. The summed E-state index contributed by atoms with van der Waals surface area (Å²) in [6, 6.07) is 42.0. The molecule has 0 aliphatic heterocycles. The summed E-state index contributed by atoms with van der Waals surface area (Å²) in [5.74, 6) is -1.30. The molecule has 0 bridgehead atoms. The summed E-state index contributed by atoms with van der Waals surface area (Å²) in [4.78, 5) is 12.5. The van der Waals surface area contributed by atoms with Gasteiger partial charge in [0.1, 0.15) is 0 Å². The first-order valence-corrected chi connectivity index (χ1v) is 15.0. The van der Waals surface area contributed by atoms with Crippen LogP contribution in [-0.2, 0) is 4.79 Å². The van der Waals surface area contributed by atoms with Crippen molar-refractivity contribution in [1.29, 1.82) is 0 Å². The zero-order valence-electron chi connectivity index (χ0n) is 17.6. The van der Waals surface area contributed by atoms with Crippen LogP contribution in [-0.4, -0.2) is 24.3 Å². The molecule has 31 heavy (non-hydrogen) atoms. The Labute approximate surface area is 186 Å². The van der Waals surface area contributed by atoms with Crippen LogP contribution < -0.4 is 13.2 Å². The van der Waals surface area contributed by atoms with Gasteiger partial charge in [-0.15, -0.1) is 0 Å². The van der Waals surface area contributed by atoms with E-state index >= 15 is 0 Å². The number of hydrogen-bond acceptors (Lipinski definition) is 1. The minimum atomic E-state index is -3.54. The summed E-state index contributed by atoms with van der Waals surface area (Å²) in [6.45, 7) is 1.87. The molecule has 0 heterocycles. The predicted octanol–water partition coefficient (Wildman–Crippen LogP) is 4.20. The topological polar surface area (TPSA) is 37.3 Å². The van der Waals surface area contributed by atoms with Crippen molar-refractivity contribution in [3.63, 3.8) is 0 Å². The normalized spacial score (nSPS) is 13.3. The maximum atomic E-state index is 12.5. The summed E-state index contributed by atoms with van der Waals surface area (Å²) in [7, 11) is 0. The van der Waals surface area contributed by atoms with E-state index < -0.39 is 25.2 Å². The molecule has 2 atom stereocenters. The molecule has 0 spiro atoms. The van der Waals surface area contributed by atoms with E-state index in [1.165, 1.54) is 13.2 Å². The number of carboxylic acid groups (broad SMARTS) is 1. The second-order valence-electron chi connectivity index (χ2n) is 7.92. The third-order valence-corrected chi connectivity index (χ3v) is 17.7. The van der Waals surface area contributed by atoms with Crippen molar-refractivity contribution >= 4 is 32.4 Å². The van der Waals surface area contributed by atoms with E-state index in [1.54, 1.807) is 0 Å². The van der Waals surface area contributed by atoms with E-state index in [4.69, 9.17) is 0 Å². The Balaban J connectivity index is 2.16. The fraction of sp³-hybridized carbons (Fsp3) is 0.107. The van der Waals surface area contributed by atoms with E-state index in [1.807, 2.05) is 43.3 Å². The van der Waals surface area contributed by atoms with Gasteiger partial charge < -0.3 is 0 Å². The number of rotatable bonds is 7. The number of carboxylic acids is 1. The van der Waals surface area contributed by atoms with Crippen LogP contribution in [0.3, 0.4) is 0 Å². The van der Waals surface area contributed by atoms with E-state index in [0.29, 0.717) is 0 Å². The van der Waals surface area contributed by atoms with E-state index in [9.17, 15) is 9.90 Å². The van der Waals surface area contributed by atoms with Gasteiger partial charge in [-0.2, -0.15) is 0 Å². The first-order chi connectivity index (χ1) is 15.2. The first-order valence-electron chi connectivity index (χ1n) is 10.6. The molecule has 4 aromatic carbocycles. The number of hydrogen-bond donors (Lipinski definition) is 1. The summed E-state index contributed by atoms with van der Waals surface area (Å²) in [5.41, 5.74) is 1.09. The zero-order valence-corrected chi connectivity index (χ0v) is 19.7. The van der Waals surface area contributed by atoms with Crippen LogP contribution in [0, 0.1) is 5.92 Å². The van der Waals surface area contributed by atoms with Gasteiger partial charge in [0.25, 0.3) is 0 Å². The van der Waals surface area contributed by atoms with Crippen LogP contribution in [0.15, 0.2) is 121 Å². The molecule has 4 rings (SSSR count). The van der Waals surface area contributed by atoms with Crippen LogP contribution in [0.4, 0.5) is 0 Å². The standard InChI is InChI=1S/C28H26GeO2/c1-22(28(30)31)27(23-14-6-2-7-15-23)29(24-16-8-3-9-17-24,25-18-10-4-11-19-25)26-20-12-5-13-21-26/h2-22,27H,1H3,(H,30,31). The Bertz CT molecular complexity index is 1020. The van der Waals surface area contributed by atoms with Gasteiger partial charge in [-0.1, -0.05) is 0 Å². The molecule has 2 unspecified atom stereocenters. The van der Waals surface area contributed by atoms with Crippen LogP contribution >= 0.6 is 0 Å². The fourth-order valence-electron chi connectivity index (χ4n) is 4.86. The molecular weight excluding hydrogens is 441 g/mol. The van der Waals surface area contributed by atoms with Crippen LogP contribution in [0.5, 0.6) is 0 Å². The van der Waals surface area contributed by atoms with E-state index in [0.717, 1.165) is 5.56 Å². The molecular formula is C28H26GeO2. The Morgan fingerprint density at radius 3 is 1.26 bits per heavy atom. The summed E-state index contributed by atoms with van der Waals surface area (Å²) in [6.07, 6.45) is 0. The van der Waals surface area contributed by atoms with Gasteiger partial charge in [-0.25, -0.2) is 0 Å². The molecule has 154 valence electrons. The Kier molecular flexibility index (Phi) is 6.38. The van der Waals surface area contributed by atoms with Crippen molar-refractivity contribution in [3.8, 4) is 0 Å². The fourth-order valence-corrected chi connectivity index (χ4v) is 17.1. The van der Waals surface area contributed by atoms with Gasteiger partial charge in [-0.05, 0) is 0 Å². The molecule has 0 saturated heterocycles. The van der Waals surface area contributed by atoms with Crippen molar-refractivity contribution in [2.75, 3.05) is 0 Å². The van der Waals surface area contributed by atoms with Crippen molar-refractivity contribution in [2.45, 2.75) is 11.7 Å². The molecule has 0 aliphatic carbocycles. The van der Waals surface area contributed by atoms with Crippen molar-refractivity contribution < 1.29 is 9.90 Å². The Morgan fingerprint density at radius 1 is 0.613 bits per heavy atom.